The van der Waals surface area contributed by atoms with E-state index in [9.17, 15) is 14.4 Å². The first-order valence-corrected chi connectivity index (χ1v) is 10.1. The molecular weight excluding hydrogens is 364 g/mol. The van der Waals surface area contributed by atoms with Gasteiger partial charge in [0.05, 0.1) is 6.54 Å². The molecular formula is C18H30N6O4. The number of amides is 2. The van der Waals surface area contributed by atoms with Gasteiger partial charge in [-0.25, -0.2) is 14.3 Å². The van der Waals surface area contributed by atoms with Crippen LogP contribution in [0.4, 0.5) is 4.79 Å². The summed E-state index contributed by atoms with van der Waals surface area (Å²) in [5.41, 5.74) is -0.0542. The Morgan fingerprint density at radius 2 is 2.11 bits per heavy atom. The van der Waals surface area contributed by atoms with Crippen molar-refractivity contribution in [2.75, 3.05) is 19.6 Å². The maximum atomic E-state index is 12.2. The number of carbonyl (C=O) groups excluding carboxylic acids is 1. The van der Waals surface area contributed by atoms with Crippen LogP contribution in [0.3, 0.4) is 0 Å². The van der Waals surface area contributed by atoms with Gasteiger partial charge in [-0.3, -0.25) is 14.3 Å². The van der Waals surface area contributed by atoms with E-state index in [1.54, 1.807) is 4.57 Å². The molecule has 0 unspecified atom stereocenters. The van der Waals surface area contributed by atoms with E-state index < -0.39 is 5.97 Å². The maximum Gasteiger partial charge on any atom is 0.345 e. The lowest BCUT2D eigenvalue weighted by Crippen LogP contribution is -2.56. The van der Waals surface area contributed by atoms with Crippen LogP contribution < -0.4 is 16.3 Å². The number of rotatable bonds is 9. The van der Waals surface area contributed by atoms with Crippen LogP contribution in [0.2, 0.25) is 0 Å². The second kappa shape index (κ2) is 9.22. The number of hydrogen-bond donors (Lipinski definition) is 3. The van der Waals surface area contributed by atoms with Gasteiger partial charge in [0.15, 0.2) is 0 Å². The number of likely N-dealkylation sites (N-methyl/N-ethyl adjacent to an activating group) is 1. The highest BCUT2D eigenvalue weighted by atomic mass is 16.4. The molecule has 0 aromatic carbocycles. The van der Waals surface area contributed by atoms with Crippen molar-refractivity contribution in [1.29, 1.82) is 0 Å². The van der Waals surface area contributed by atoms with Gasteiger partial charge in [0.1, 0.15) is 5.82 Å². The molecule has 3 N–H and O–H groups in total. The molecule has 10 heteroatoms. The summed E-state index contributed by atoms with van der Waals surface area (Å²) >= 11 is 0. The van der Waals surface area contributed by atoms with Gasteiger partial charge in [-0.15, -0.1) is 0 Å². The van der Waals surface area contributed by atoms with Crippen molar-refractivity contribution in [2.24, 2.45) is 0 Å². The standard InChI is InChI=1S/C18H30N6O4/c1-2-22(12-16(25)26)14-10-13(11-14)20-17(27)19-7-5-9-24-18(28)23-8-4-3-6-15(23)21-24/h13-14H,2-12H2,1H3,(H,25,26)(H2,19,20,27). The highest BCUT2D eigenvalue weighted by molar-refractivity contribution is 5.74. The van der Waals surface area contributed by atoms with Crippen molar-refractivity contribution in [2.45, 2.75) is 70.6 Å². The molecule has 2 aliphatic rings. The second-order valence-electron chi connectivity index (χ2n) is 7.56. The van der Waals surface area contributed by atoms with E-state index in [0.717, 1.165) is 44.5 Å². The molecule has 0 radical (unpaired) electrons. The van der Waals surface area contributed by atoms with Crippen molar-refractivity contribution >= 4 is 12.0 Å². The van der Waals surface area contributed by atoms with Gasteiger partial charge in [0.2, 0.25) is 0 Å². The third-order valence-corrected chi connectivity index (χ3v) is 5.57. The van der Waals surface area contributed by atoms with Crippen molar-refractivity contribution in [3.63, 3.8) is 0 Å². The Balaban J connectivity index is 1.32. The number of nitrogens with zero attached hydrogens (tertiary/aromatic N) is 4. The molecule has 0 saturated heterocycles. The topological polar surface area (TPSA) is 121 Å². The molecule has 156 valence electrons. The zero-order valence-corrected chi connectivity index (χ0v) is 16.4. The zero-order valence-electron chi connectivity index (χ0n) is 16.4. The number of aryl methyl sites for hydroxylation is 2. The lowest BCUT2D eigenvalue weighted by atomic mass is 9.85. The summed E-state index contributed by atoms with van der Waals surface area (Å²) in [4.78, 5) is 37.0. The average molecular weight is 394 g/mol. The predicted molar refractivity (Wildman–Crippen MR) is 102 cm³/mol. The number of carbonyl (C=O) groups is 2. The van der Waals surface area contributed by atoms with Crippen LogP contribution in [-0.4, -0.2) is 68.1 Å². The van der Waals surface area contributed by atoms with Gasteiger partial charge in [-0.2, -0.15) is 5.10 Å². The molecule has 1 aliphatic heterocycles. The molecule has 0 atom stereocenters. The van der Waals surface area contributed by atoms with Gasteiger partial charge >= 0.3 is 17.7 Å². The molecule has 1 aliphatic carbocycles. The molecule has 1 aromatic rings. The van der Waals surface area contributed by atoms with Crippen LogP contribution in [-0.2, 0) is 24.3 Å². The number of aromatic nitrogens is 3. The number of carboxylic acid groups (broad SMARTS) is 1. The summed E-state index contributed by atoms with van der Waals surface area (Å²) in [6.45, 7) is 4.38. The first kappa shape index (κ1) is 20.4. The minimum absolute atomic E-state index is 0.0386. The number of aliphatic carboxylic acids is 1. The predicted octanol–water partition coefficient (Wildman–Crippen LogP) is 0.00790. The quantitative estimate of drug-likeness (QED) is 0.507. The van der Waals surface area contributed by atoms with Crippen LogP contribution in [0.15, 0.2) is 4.79 Å². The van der Waals surface area contributed by atoms with Gasteiger partial charge in [0, 0.05) is 38.1 Å². The number of urea groups is 1. The first-order valence-electron chi connectivity index (χ1n) is 10.1. The van der Waals surface area contributed by atoms with Crippen LogP contribution in [0.25, 0.3) is 0 Å². The monoisotopic (exact) mass is 394 g/mol. The maximum absolute atomic E-state index is 12.2. The smallest absolute Gasteiger partial charge is 0.345 e. The Labute approximate surface area is 163 Å². The lowest BCUT2D eigenvalue weighted by Gasteiger charge is -2.42. The van der Waals surface area contributed by atoms with Crippen molar-refractivity contribution in [3.8, 4) is 0 Å². The SMILES string of the molecule is CCN(CC(=O)O)C1CC(NC(=O)NCCCn2nc3n(c2=O)CCCC3)C1. The van der Waals surface area contributed by atoms with E-state index in [2.05, 4.69) is 15.7 Å². The Bertz CT molecular complexity index is 752. The average Bonchev–Trinajstić information content (AvgIpc) is 2.96. The first-order chi connectivity index (χ1) is 13.5. The fourth-order valence-corrected chi connectivity index (χ4v) is 3.94. The Morgan fingerprint density at radius 3 is 2.79 bits per heavy atom. The summed E-state index contributed by atoms with van der Waals surface area (Å²) in [5.74, 6) is 0.0409. The fraction of sp³-hybridized carbons (Fsp3) is 0.778. The number of hydrogen-bond acceptors (Lipinski definition) is 5. The molecule has 1 aromatic heterocycles. The highest BCUT2D eigenvalue weighted by Gasteiger charge is 2.34. The third-order valence-electron chi connectivity index (χ3n) is 5.57. The number of nitrogens with one attached hydrogen (secondary N) is 2. The van der Waals surface area contributed by atoms with Crippen LogP contribution in [0.5, 0.6) is 0 Å². The van der Waals surface area contributed by atoms with E-state index >= 15 is 0 Å². The molecule has 1 saturated carbocycles. The molecule has 3 rings (SSSR count). The molecule has 28 heavy (non-hydrogen) atoms. The molecule has 2 heterocycles. The van der Waals surface area contributed by atoms with E-state index in [4.69, 9.17) is 5.11 Å². The Morgan fingerprint density at radius 1 is 1.32 bits per heavy atom. The minimum atomic E-state index is -0.825. The van der Waals surface area contributed by atoms with Crippen molar-refractivity contribution in [3.05, 3.63) is 16.3 Å². The van der Waals surface area contributed by atoms with Crippen LogP contribution >= 0.6 is 0 Å². The lowest BCUT2D eigenvalue weighted by molar-refractivity contribution is -0.139. The number of fused-ring (bicyclic) bond motifs is 1. The molecule has 2 amide bonds. The Kier molecular flexibility index (Phi) is 6.71. The fourth-order valence-electron chi connectivity index (χ4n) is 3.94. The number of carboxylic acids is 1. The van der Waals surface area contributed by atoms with E-state index in [0.29, 0.717) is 26.1 Å². The molecule has 10 nitrogen and oxygen atoms in total. The molecule has 1 fully saturated rings. The summed E-state index contributed by atoms with van der Waals surface area (Å²) in [6, 6.07) is 0.0711. The summed E-state index contributed by atoms with van der Waals surface area (Å²) in [7, 11) is 0. The molecule has 0 bridgehead atoms. The van der Waals surface area contributed by atoms with Gasteiger partial charge in [-0.1, -0.05) is 6.92 Å². The van der Waals surface area contributed by atoms with E-state index in [1.165, 1.54) is 4.68 Å². The highest BCUT2D eigenvalue weighted by Crippen LogP contribution is 2.25. The summed E-state index contributed by atoms with van der Waals surface area (Å²) < 4.78 is 3.25. The van der Waals surface area contributed by atoms with Gasteiger partial charge < -0.3 is 15.7 Å². The van der Waals surface area contributed by atoms with E-state index in [1.807, 2.05) is 11.8 Å². The normalized spacial score (nSPS) is 21.1. The summed E-state index contributed by atoms with van der Waals surface area (Å²) in [5, 5.41) is 19.0. The van der Waals surface area contributed by atoms with Crippen molar-refractivity contribution < 1.29 is 14.7 Å². The minimum Gasteiger partial charge on any atom is -0.480 e. The zero-order chi connectivity index (χ0) is 20.1. The van der Waals surface area contributed by atoms with E-state index in [-0.39, 0.29) is 30.3 Å². The van der Waals surface area contributed by atoms with Crippen molar-refractivity contribution in [1.82, 2.24) is 29.9 Å². The van der Waals surface area contributed by atoms with Gasteiger partial charge in [-0.05, 0) is 38.6 Å². The summed E-state index contributed by atoms with van der Waals surface area (Å²) in [6.07, 6.45) is 5.13. The second-order valence-corrected chi connectivity index (χ2v) is 7.56. The van der Waals surface area contributed by atoms with Crippen LogP contribution in [0, 0.1) is 0 Å². The van der Waals surface area contributed by atoms with Crippen LogP contribution in [0.1, 0.15) is 44.9 Å². The Hall–Kier alpha value is -2.36. The van der Waals surface area contributed by atoms with Gasteiger partial charge in [0.25, 0.3) is 0 Å². The molecule has 0 spiro atoms. The largest absolute Gasteiger partial charge is 0.480 e. The third kappa shape index (κ3) is 4.92.